The minimum absolute atomic E-state index is 0.430. The molecule has 2 rings (SSSR count). The van der Waals surface area contributed by atoms with Crippen LogP contribution >= 0.6 is 23.2 Å². The molecule has 6 heteroatoms. The fourth-order valence-corrected chi connectivity index (χ4v) is 2.85. The van der Waals surface area contributed by atoms with Gasteiger partial charge in [0.1, 0.15) is 17.4 Å². The maximum atomic E-state index is 6.14. The van der Waals surface area contributed by atoms with Crippen molar-refractivity contribution in [1.29, 1.82) is 0 Å². The van der Waals surface area contributed by atoms with Gasteiger partial charge in [-0.3, -0.25) is 0 Å². The molecule has 0 amide bonds. The second-order valence-electron chi connectivity index (χ2n) is 5.08. The van der Waals surface area contributed by atoms with Crippen LogP contribution in [0.15, 0.2) is 6.07 Å². The number of ether oxygens (including phenoxy) is 1. The zero-order chi connectivity index (χ0) is 14.5. The highest BCUT2D eigenvalue weighted by molar-refractivity contribution is 6.36. The van der Waals surface area contributed by atoms with Crippen molar-refractivity contribution in [1.82, 2.24) is 9.88 Å². The summed E-state index contributed by atoms with van der Waals surface area (Å²) in [6.45, 7) is 4.47. The average Bonchev–Trinajstić information content (AvgIpc) is 2.42. The number of halogens is 2. The Kier molecular flexibility index (Phi) is 5.75. The van der Waals surface area contributed by atoms with Gasteiger partial charge < -0.3 is 15.0 Å². The molecule has 1 saturated heterocycles. The summed E-state index contributed by atoms with van der Waals surface area (Å²) in [5, 5.41) is 4.06. The minimum Gasteiger partial charge on any atom is -0.475 e. The van der Waals surface area contributed by atoms with Gasteiger partial charge in [-0.05, 0) is 39.4 Å². The number of likely N-dealkylation sites (N-methyl/N-ethyl adjacent to an activating group) is 1. The van der Waals surface area contributed by atoms with Crippen LogP contribution in [0, 0.1) is 0 Å². The van der Waals surface area contributed by atoms with Crippen LogP contribution in [0.3, 0.4) is 0 Å². The van der Waals surface area contributed by atoms with Gasteiger partial charge in [-0.15, -0.1) is 0 Å². The van der Waals surface area contributed by atoms with E-state index in [1.54, 1.807) is 6.07 Å². The van der Waals surface area contributed by atoms with E-state index in [1.807, 2.05) is 6.92 Å². The van der Waals surface area contributed by atoms with E-state index in [0.717, 1.165) is 19.5 Å². The Bertz CT molecular complexity index is 456. The number of hydrogen-bond acceptors (Lipinski definition) is 4. The Hall–Kier alpha value is -0.710. The lowest BCUT2D eigenvalue weighted by Crippen LogP contribution is -2.40. The van der Waals surface area contributed by atoms with Crippen molar-refractivity contribution in [3.8, 4) is 5.88 Å². The van der Waals surface area contributed by atoms with Crippen LogP contribution in [0.1, 0.15) is 26.2 Å². The summed E-state index contributed by atoms with van der Waals surface area (Å²) in [7, 11) is 2.13. The van der Waals surface area contributed by atoms with E-state index in [0.29, 0.717) is 34.4 Å². The topological polar surface area (TPSA) is 37.4 Å². The van der Waals surface area contributed by atoms with Gasteiger partial charge in [0.15, 0.2) is 0 Å². The van der Waals surface area contributed by atoms with E-state index >= 15 is 0 Å². The lowest BCUT2D eigenvalue weighted by atomic mass is 10.0. The first-order chi connectivity index (χ1) is 9.61. The molecule has 1 unspecified atom stereocenters. The third kappa shape index (κ3) is 3.90. The standard InChI is InChI=1S/C14H21Cl2N3O/c1-3-17-13-11(15)8-12(16)14(18-13)20-9-10-6-4-5-7-19(10)2/h8,10H,3-7,9H2,1-2H3,(H,17,18). The van der Waals surface area contributed by atoms with Crippen LogP contribution in [0.25, 0.3) is 0 Å². The van der Waals surface area contributed by atoms with Crippen molar-refractivity contribution in [2.24, 2.45) is 0 Å². The zero-order valence-corrected chi connectivity index (χ0v) is 13.5. The largest absolute Gasteiger partial charge is 0.475 e. The van der Waals surface area contributed by atoms with E-state index in [9.17, 15) is 0 Å². The third-order valence-corrected chi connectivity index (χ3v) is 4.13. The van der Waals surface area contributed by atoms with Crippen molar-refractivity contribution in [3.05, 3.63) is 16.1 Å². The molecule has 112 valence electrons. The molecule has 0 bridgehead atoms. The third-order valence-electron chi connectivity index (χ3n) is 3.58. The van der Waals surface area contributed by atoms with E-state index < -0.39 is 0 Å². The number of nitrogens with zero attached hydrogens (tertiary/aromatic N) is 2. The molecule has 0 aliphatic carbocycles. The summed E-state index contributed by atoms with van der Waals surface area (Å²) in [5.41, 5.74) is 0. The molecule has 1 aliphatic heterocycles. The van der Waals surface area contributed by atoms with Crippen LogP contribution < -0.4 is 10.1 Å². The van der Waals surface area contributed by atoms with Crippen molar-refractivity contribution >= 4 is 29.0 Å². The molecular formula is C14H21Cl2N3O. The molecule has 1 atom stereocenters. The second kappa shape index (κ2) is 7.34. The summed E-state index contributed by atoms with van der Waals surface area (Å²) in [5.74, 6) is 1.07. The van der Waals surface area contributed by atoms with Crippen molar-refractivity contribution in [2.45, 2.75) is 32.2 Å². The van der Waals surface area contributed by atoms with Gasteiger partial charge >= 0.3 is 0 Å². The first-order valence-corrected chi connectivity index (χ1v) is 7.80. The first kappa shape index (κ1) is 15.7. The van der Waals surface area contributed by atoms with Crippen molar-refractivity contribution in [3.63, 3.8) is 0 Å². The molecule has 20 heavy (non-hydrogen) atoms. The number of rotatable bonds is 5. The summed E-state index contributed by atoms with van der Waals surface area (Å²) in [4.78, 5) is 6.69. The molecule has 1 N–H and O–H groups in total. The highest BCUT2D eigenvalue weighted by atomic mass is 35.5. The smallest absolute Gasteiger partial charge is 0.234 e. The molecule has 1 aromatic rings. The van der Waals surface area contributed by atoms with Gasteiger partial charge in [-0.1, -0.05) is 29.6 Å². The molecule has 1 aromatic heterocycles. The van der Waals surface area contributed by atoms with Crippen LogP contribution in [0.2, 0.25) is 10.0 Å². The molecule has 2 heterocycles. The molecule has 0 aromatic carbocycles. The van der Waals surface area contributed by atoms with Crippen molar-refractivity contribution in [2.75, 3.05) is 32.1 Å². The highest BCUT2D eigenvalue weighted by Crippen LogP contribution is 2.31. The molecule has 4 nitrogen and oxygen atoms in total. The van der Waals surface area contributed by atoms with Crippen LogP contribution in [-0.4, -0.2) is 42.7 Å². The van der Waals surface area contributed by atoms with Crippen LogP contribution in [0.4, 0.5) is 5.82 Å². The fourth-order valence-electron chi connectivity index (χ4n) is 2.37. The predicted molar refractivity (Wildman–Crippen MR) is 84.2 cm³/mol. The first-order valence-electron chi connectivity index (χ1n) is 7.04. The lowest BCUT2D eigenvalue weighted by molar-refractivity contribution is 0.123. The Morgan fingerprint density at radius 3 is 2.90 bits per heavy atom. The quantitative estimate of drug-likeness (QED) is 0.898. The summed E-state index contributed by atoms with van der Waals surface area (Å²) >= 11 is 12.2. The number of anilines is 1. The molecule has 1 fully saturated rings. The predicted octanol–water partition coefficient (Wildman–Crippen LogP) is 3.68. The van der Waals surface area contributed by atoms with Gasteiger partial charge in [-0.2, -0.15) is 4.98 Å². The second-order valence-corrected chi connectivity index (χ2v) is 5.89. The van der Waals surface area contributed by atoms with E-state index in [-0.39, 0.29) is 0 Å². The number of hydrogen-bond donors (Lipinski definition) is 1. The SMILES string of the molecule is CCNc1nc(OCC2CCCCN2C)c(Cl)cc1Cl. The van der Waals surface area contributed by atoms with Crippen LogP contribution in [-0.2, 0) is 0 Å². The molecular weight excluding hydrogens is 297 g/mol. The number of nitrogens with one attached hydrogen (secondary N) is 1. The van der Waals surface area contributed by atoms with E-state index in [4.69, 9.17) is 27.9 Å². The minimum atomic E-state index is 0.430. The van der Waals surface area contributed by atoms with Gasteiger partial charge in [-0.25, -0.2) is 0 Å². The average molecular weight is 318 g/mol. The molecule has 0 spiro atoms. The van der Waals surface area contributed by atoms with Gasteiger partial charge in [0.2, 0.25) is 5.88 Å². The normalized spacial score (nSPS) is 19.9. The fraction of sp³-hybridized carbons (Fsp3) is 0.643. The Balaban J connectivity index is 2.02. The Labute approximate surface area is 130 Å². The van der Waals surface area contributed by atoms with Gasteiger partial charge in [0.05, 0.1) is 5.02 Å². The van der Waals surface area contributed by atoms with Crippen LogP contribution in [0.5, 0.6) is 5.88 Å². The molecule has 0 radical (unpaired) electrons. The Morgan fingerprint density at radius 1 is 1.40 bits per heavy atom. The number of aromatic nitrogens is 1. The van der Waals surface area contributed by atoms with E-state index in [1.165, 1.54) is 12.8 Å². The number of pyridine rings is 1. The number of likely N-dealkylation sites (tertiary alicyclic amines) is 1. The van der Waals surface area contributed by atoms with Gasteiger partial charge in [0, 0.05) is 12.6 Å². The van der Waals surface area contributed by atoms with Crippen molar-refractivity contribution < 1.29 is 4.74 Å². The number of piperidine rings is 1. The molecule has 1 aliphatic rings. The zero-order valence-electron chi connectivity index (χ0n) is 12.0. The maximum absolute atomic E-state index is 6.14. The molecule has 0 saturated carbocycles. The lowest BCUT2D eigenvalue weighted by Gasteiger charge is -2.32. The monoisotopic (exact) mass is 317 g/mol. The summed E-state index contributed by atoms with van der Waals surface area (Å²) < 4.78 is 5.81. The summed E-state index contributed by atoms with van der Waals surface area (Å²) in [6, 6.07) is 2.11. The summed E-state index contributed by atoms with van der Waals surface area (Å²) in [6.07, 6.45) is 3.67. The Morgan fingerprint density at radius 2 is 2.20 bits per heavy atom. The maximum Gasteiger partial charge on any atom is 0.234 e. The van der Waals surface area contributed by atoms with Gasteiger partial charge in [0.25, 0.3) is 0 Å². The highest BCUT2D eigenvalue weighted by Gasteiger charge is 2.20. The van der Waals surface area contributed by atoms with E-state index in [2.05, 4.69) is 22.2 Å².